The number of aryl methyl sites for hydroxylation is 1. The van der Waals surface area contributed by atoms with Crippen molar-refractivity contribution in [2.75, 3.05) is 31.1 Å². The van der Waals surface area contributed by atoms with E-state index in [0.717, 1.165) is 12.1 Å². The minimum absolute atomic E-state index is 0.145. The molecule has 0 radical (unpaired) electrons. The fraction of sp³-hybridized carbons (Fsp3) is 0.481. The quantitative estimate of drug-likeness (QED) is 0.414. The number of halogens is 6. The summed E-state index contributed by atoms with van der Waals surface area (Å²) in [7, 11) is 1.55. The number of piperazine rings is 1. The molecule has 1 fully saturated rings. The minimum atomic E-state index is -4.55. The Kier molecular flexibility index (Phi) is 8.60. The third-order valence-electron chi connectivity index (χ3n) is 7.36. The molecule has 1 aliphatic heterocycles. The Morgan fingerprint density at radius 1 is 1.07 bits per heavy atom. The molecule has 3 aromatic rings. The van der Waals surface area contributed by atoms with E-state index in [-0.39, 0.29) is 24.3 Å². The van der Waals surface area contributed by atoms with Crippen LogP contribution in [0.1, 0.15) is 43.1 Å². The number of rotatable bonds is 7. The Morgan fingerprint density at radius 3 is 2.34 bits per heavy atom. The summed E-state index contributed by atoms with van der Waals surface area (Å²) in [6, 6.07) is 8.35. The summed E-state index contributed by atoms with van der Waals surface area (Å²) >= 11 is 0. The molecule has 1 aromatic carbocycles. The molecule has 3 heterocycles. The Labute approximate surface area is 232 Å². The van der Waals surface area contributed by atoms with Crippen LogP contribution in [0.2, 0.25) is 0 Å². The first kappa shape index (κ1) is 30.3. The molecule has 2 aromatic heterocycles. The number of pyridine rings is 1. The van der Waals surface area contributed by atoms with Gasteiger partial charge in [0.25, 0.3) is 0 Å². The van der Waals surface area contributed by atoms with Crippen LogP contribution in [0, 0.1) is 11.3 Å². The Bertz CT molecular complexity index is 1480. The lowest BCUT2D eigenvalue weighted by Crippen LogP contribution is -2.59. The molecule has 1 aliphatic rings. The zero-order valence-corrected chi connectivity index (χ0v) is 22.6. The monoisotopic (exact) mass is 581 g/mol. The predicted octanol–water partition coefficient (Wildman–Crippen LogP) is 4.40. The summed E-state index contributed by atoms with van der Waals surface area (Å²) in [4.78, 5) is 25.3. The molecule has 0 bridgehead atoms. The van der Waals surface area contributed by atoms with Crippen LogP contribution in [0.5, 0.6) is 0 Å². The molecule has 0 spiro atoms. The first-order valence-corrected chi connectivity index (χ1v) is 13.0. The number of alkyl halides is 6. The third-order valence-corrected chi connectivity index (χ3v) is 7.36. The van der Waals surface area contributed by atoms with E-state index in [4.69, 9.17) is 0 Å². The van der Waals surface area contributed by atoms with Crippen LogP contribution in [-0.2, 0) is 13.2 Å². The zero-order valence-electron chi connectivity index (χ0n) is 22.6. The number of hydrogen-bond donors (Lipinski definition) is 1. The second-order valence-corrected chi connectivity index (χ2v) is 10.1. The Morgan fingerprint density at radius 2 is 1.76 bits per heavy atom. The molecular formula is C27H29F6N7O. The molecule has 41 heavy (non-hydrogen) atoms. The number of fused-ring (bicyclic) bond motifs is 1. The summed E-state index contributed by atoms with van der Waals surface area (Å²) in [6.45, 7) is 3.02. The summed E-state index contributed by atoms with van der Waals surface area (Å²) in [6.07, 6.45) is -8.45. The number of anilines is 1. The van der Waals surface area contributed by atoms with Crippen LogP contribution < -0.4 is 15.9 Å². The SMILES string of the molecule is CC[C@@H]1CN(c2nc(=O)n(C)c3ccc(C#N)nc23)[C@@H](C)CN1C(CNCC(F)(F)F)c1ccc(C(F)(F)F)cc1. The normalized spacial score (nSPS) is 19.4. The van der Waals surface area contributed by atoms with E-state index in [0.29, 0.717) is 41.9 Å². The average molecular weight is 582 g/mol. The summed E-state index contributed by atoms with van der Waals surface area (Å²) < 4.78 is 79.8. The second kappa shape index (κ2) is 11.7. The second-order valence-electron chi connectivity index (χ2n) is 10.1. The summed E-state index contributed by atoms with van der Waals surface area (Å²) in [5, 5.41) is 11.8. The van der Waals surface area contributed by atoms with Crippen molar-refractivity contribution in [3.05, 3.63) is 63.7 Å². The molecule has 3 atom stereocenters. The van der Waals surface area contributed by atoms with Crippen LogP contribution >= 0.6 is 0 Å². The van der Waals surface area contributed by atoms with E-state index in [1.807, 2.05) is 29.7 Å². The molecule has 4 rings (SSSR count). The summed E-state index contributed by atoms with van der Waals surface area (Å²) in [5.74, 6) is 0.298. The van der Waals surface area contributed by atoms with Crippen LogP contribution in [0.4, 0.5) is 32.2 Å². The van der Waals surface area contributed by atoms with Gasteiger partial charge in [-0.05, 0) is 43.2 Å². The van der Waals surface area contributed by atoms with Gasteiger partial charge in [-0.1, -0.05) is 19.1 Å². The smallest absolute Gasteiger partial charge is 0.349 e. The first-order valence-electron chi connectivity index (χ1n) is 13.0. The average Bonchev–Trinajstić information content (AvgIpc) is 2.92. The van der Waals surface area contributed by atoms with Gasteiger partial charge in [-0.3, -0.25) is 9.47 Å². The van der Waals surface area contributed by atoms with Crippen LogP contribution in [-0.4, -0.2) is 63.9 Å². The Hall–Kier alpha value is -3.70. The molecule has 0 amide bonds. The third kappa shape index (κ3) is 6.62. The fourth-order valence-corrected chi connectivity index (χ4v) is 5.25. The van der Waals surface area contributed by atoms with E-state index < -0.39 is 36.2 Å². The van der Waals surface area contributed by atoms with Crippen molar-refractivity contribution in [1.29, 1.82) is 5.26 Å². The maximum absolute atomic E-state index is 13.2. The topological polar surface area (TPSA) is 90.1 Å². The van der Waals surface area contributed by atoms with Gasteiger partial charge in [0.1, 0.15) is 17.3 Å². The van der Waals surface area contributed by atoms with Crippen molar-refractivity contribution >= 4 is 16.9 Å². The highest BCUT2D eigenvalue weighted by atomic mass is 19.4. The minimum Gasteiger partial charge on any atom is -0.349 e. The van der Waals surface area contributed by atoms with Gasteiger partial charge < -0.3 is 10.2 Å². The fourth-order valence-electron chi connectivity index (χ4n) is 5.25. The van der Waals surface area contributed by atoms with E-state index >= 15 is 0 Å². The van der Waals surface area contributed by atoms with Crippen molar-refractivity contribution < 1.29 is 26.3 Å². The predicted molar refractivity (Wildman–Crippen MR) is 140 cm³/mol. The lowest BCUT2D eigenvalue weighted by atomic mass is 9.96. The molecule has 8 nitrogen and oxygen atoms in total. The number of nitriles is 1. The Balaban J connectivity index is 1.71. The van der Waals surface area contributed by atoms with Gasteiger partial charge >= 0.3 is 18.0 Å². The number of hydrogen-bond acceptors (Lipinski definition) is 7. The number of benzene rings is 1. The van der Waals surface area contributed by atoms with Crippen LogP contribution in [0.3, 0.4) is 0 Å². The molecule has 1 unspecified atom stereocenters. The van der Waals surface area contributed by atoms with Crippen LogP contribution in [0.15, 0.2) is 41.2 Å². The molecule has 14 heteroatoms. The zero-order chi connectivity index (χ0) is 30.1. The van der Waals surface area contributed by atoms with Crippen molar-refractivity contribution in [2.45, 2.75) is 50.7 Å². The maximum atomic E-state index is 13.2. The molecule has 0 saturated carbocycles. The lowest BCUT2D eigenvalue weighted by Gasteiger charge is -2.49. The lowest BCUT2D eigenvalue weighted by molar-refractivity contribution is -0.137. The number of aromatic nitrogens is 3. The standard InChI is InChI=1S/C27H29F6N7O/c1-4-20-14-39(24-23-21(38(3)25(41)37-24)10-9-19(11-34)36-23)16(2)13-40(20)22(12-35-15-26(28,29)30)17-5-7-18(8-6-17)27(31,32)33/h5-10,16,20,22,35H,4,12-15H2,1-3H3/t16-,20+,22?/m0/s1. The van der Waals surface area contributed by atoms with E-state index in [2.05, 4.69) is 15.3 Å². The maximum Gasteiger partial charge on any atom is 0.416 e. The van der Waals surface area contributed by atoms with Gasteiger partial charge in [-0.2, -0.15) is 36.6 Å². The molecule has 220 valence electrons. The summed E-state index contributed by atoms with van der Waals surface area (Å²) in [5.41, 5.74) is 0.0926. The highest BCUT2D eigenvalue weighted by Gasteiger charge is 2.38. The molecule has 1 saturated heterocycles. The van der Waals surface area contributed by atoms with Crippen molar-refractivity contribution in [2.24, 2.45) is 7.05 Å². The number of nitrogens with zero attached hydrogens (tertiary/aromatic N) is 6. The highest BCUT2D eigenvalue weighted by Crippen LogP contribution is 2.35. The van der Waals surface area contributed by atoms with Crippen LogP contribution in [0.25, 0.3) is 11.0 Å². The van der Waals surface area contributed by atoms with Gasteiger partial charge in [0.05, 0.1) is 17.6 Å². The van der Waals surface area contributed by atoms with E-state index in [9.17, 15) is 36.4 Å². The van der Waals surface area contributed by atoms with Crippen molar-refractivity contribution in [3.63, 3.8) is 0 Å². The molecule has 0 aliphatic carbocycles. The van der Waals surface area contributed by atoms with Gasteiger partial charge in [-0.15, -0.1) is 0 Å². The van der Waals surface area contributed by atoms with E-state index in [1.54, 1.807) is 13.1 Å². The first-order chi connectivity index (χ1) is 19.2. The molecular weight excluding hydrogens is 552 g/mol. The van der Waals surface area contributed by atoms with Gasteiger partial charge in [0, 0.05) is 44.8 Å². The molecule has 1 N–H and O–H groups in total. The van der Waals surface area contributed by atoms with Gasteiger partial charge in [0.2, 0.25) is 0 Å². The van der Waals surface area contributed by atoms with Gasteiger partial charge in [-0.25, -0.2) is 9.78 Å². The van der Waals surface area contributed by atoms with Crippen molar-refractivity contribution in [1.82, 2.24) is 24.8 Å². The highest BCUT2D eigenvalue weighted by molar-refractivity contribution is 5.86. The van der Waals surface area contributed by atoms with E-state index in [1.165, 1.54) is 22.8 Å². The van der Waals surface area contributed by atoms with Gasteiger partial charge in [0.15, 0.2) is 5.82 Å². The number of nitrogens with one attached hydrogen (secondary N) is 1. The largest absolute Gasteiger partial charge is 0.416 e. The van der Waals surface area contributed by atoms with Crippen molar-refractivity contribution in [3.8, 4) is 6.07 Å².